The van der Waals surface area contributed by atoms with E-state index in [1.54, 1.807) is 0 Å². The van der Waals surface area contributed by atoms with Gasteiger partial charge >= 0.3 is 0 Å². The molecule has 0 amide bonds. The molecule has 0 spiro atoms. The lowest BCUT2D eigenvalue weighted by Gasteiger charge is -2.29. The van der Waals surface area contributed by atoms with Crippen LogP contribution in [-0.2, 0) is 10.8 Å². The van der Waals surface area contributed by atoms with Gasteiger partial charge in [0.15, 0.2) is 0 Å². The summed E-state index contributed by atoms with van der Waals surface area (Å²) in [5.74, 6) is 0. The van der Waals surface area contributed by atoms with Gasteiger partial charge in [0.2, 0.25) is 0 Å². The first-order chi connectivity index (χ1) is 26.3. The van der Waals surface area contributed by atoms with Crippen molar-refractivity contribution in [3.63, 3.8) is 0 Å². The monoisotopic (exact) mass is 688 g/mol. The number of hydrogen-bond donors (Lipinski definition) is 0. The van der Waals surface area contributed by atoms with Crippen molar-refractivity contribution in [3.05, 3.63) is 192 Å². The number of fused-ring (bicyclic) bond motifs is 10. The van der Waals surface area contributed by atoms with Gasteiger partial charge in [0.1, 0.15) is 0 Å². The predicted octanol–water partition coefficient (Wildman–Crippen LogP) is 14.8. The van der Waals surface area contributed by atoms with Crippen molar-refractivity contribution in [3.8, 4) is 55.6 Å². The molecule has 0 fully saturated rings. The molecule has 2 aliphatic rings. The Hall–Kier alpha value is -6.24. The van der Waals surface area contributed by atoms with E-state index >= 15 is 0 Å². The van der Waals surface area contributed by atoms with Gasteiger partial charge in [0.25, 0.3) is 0 Å². The molecule has 2 aliphatic carbocycles. The van der Waals surface area contributed by atoms with Crippen LogP contribution in [0.1, 0.15) is 49.9 Å². The highest BCUT2D eigenvalue weighted by Crippen LogP contribution is 2.61. The molecule has 0 aromatic heterocycles. The van der Waals surface area contributed by atoms with Crippen LogP contribution in [0, 0.1) is 0 Å². The predicted molar refractivity (Wildman–Crippen MR) is 230 cm³/mol. The van der Waals surface area contributed by atoms with Crippen LogP contribution in [0.15, 0.2) is 170 Å². The third kappa shape index (κ3) is 4.14. The van der Waals surface area contributed by atoms with Gasteiger partial charge < -0.3 is 0 Å². The van der Waals surface area contributed by atoms with E-state index in [1.807, 2.05) is 0 Å². The molecule has 0 radical (unpaired) electrons. The Morgan fingerprint density at radius 2 is 0.759 bits per heavy atom. The molecule has 0 nitrogen and oxygen atoms in total. The summed E-state index contributed by atoms with van der Waals surface area (Å²) in [7, 11) is 0. The Bertz CT molecular complexity index is 2980. The lowest BCUT2D eigenvalue weighted by atomic mass is 9.74. The number of benzene rings is 9. The minimum absolute atomic E-state index is 0.104. The van der Waals surface area contributed by atoms with Crippen molar-refractivity contribution >= 4 is 32.3 Å². The lowest BCUT2D eigenvalue weighted by molar-refractivity contribution is 0.648. The van der Waals surface area contributed by atoms with E-state index in [2.05, 4.69) is 198 Å². The smallest absolute Gasteiger partial charge is 0.0165 e. The van der Waals surface area contributed by atoms with Crippen LogP contribution in [0.25, 0.3) is 88.0 Å². The highest BCUT2D eigenvalue weighted by atomic mass is 14.5. The Morgan fingerprint density at radius 1 is 0.296 bits per heavy atom. The molecule has 256 valence electrons. The molecule has 0 bridgehead atoms. The quantitative estimate of drug-likeness (QED) is 0.162. The minimum atomic E-state index is -0.156. The fourth-order valence-electron chi connectivity index (χ4n) is 10.5. The van der Waals surface area contributed by atoms with Crippen LogP contribution in [0.5, 0.6) is 0 Å². The molecule has 0 saturated carbocycles. The fourth-order valence-corrected chi connectivity index (χ4v) is 10.5. The summed E-state index contributed by atoms with van der Waals surface area (Å²) in [5.41, 5.74) is 18.8. The lowest BCUT2D eigenvalue weighted by Crippen LogP contribution is -2.19. The highest BCUT2D eigenvalue weighted by Gasteiger charge is 2.46. The molecule has 9 aromatic carbocycles. The summed E-state index contributed by atoms with van der Waals surface area (Å²) in [6, 6.07) is 63.7. The molecule has 0 heteroatoms. The molecular weight excluding hydrogens is 649 g/mol. The zero-order chi connectivity index (χ0) is 36.3. The Balaban J connectivity index is 1.21. The standard InChI is InChI=1S/C54H40/c1-53(2)46-29-13-11-22-37(46)45-32-44(51-50(52(45)53)43-27-12-14-30-47(43)54(51,3)4)34-19-15-20-35(31-34)48-39-23-7-9-25-41(39)49(42-26-10-8-24-40(42)48)38-28-16-18-33-17-5-6-21-36(33)38/h5-32H,1-4H3. The van der Waals surface area contributed by atoms with Crippen LogP contribution in [0.2, 0.25) is 0 Å². The maximum atomic E-state index is 2.54. The first-order valence-electron chi connectivity index (χ1n) is 19.3. The summed E-state index contributed by atoms with van der Waals surface area (Å²) in [6.45, 7) is 9.70. The first-order valence-corrected chi connectivity index (χ1v) is 19.3. The maximum Gasteiger partial charge on any atom is 0.0165 e. The van der Waals surface area contributed by atoms with Crippen LogP contribution in [0.4, 0.5) is 0 Å². The Kier molecular flexibility index (Phi) is 6.46. The van der Waals surface area contributed by atoms with Crippen LogP contribution in [0.3, 0.4) is 0 Å². The Labute approximate surface area is 317 Å². The zero-order valence-corrected chi connectivity index (χ0v) is 31.2. The zero-order valence-electron chi connectivity index (χ0n) is 31.2. The summed E-state index contributed by atoms with van der Waals surface area (Å²) >= 11 is 0. The molecule has 0 heterocycles. The van der Waals surface area contributed by atoms with Crippen molar-refractivity contribution in [1.29, 1.82) is 0 Å². The summed E-state index contributed by atoms with van der Waals surface area (Å²) < 4.78 is 0. The largest absolute Gasteiger partial charge is 0.0619 e. The van der Waals surface area contributed by atoms with Crippen molar-refractivity contribution in [1.82, 2.24) is 0 Å². The van der Waals surface area contributed by atoms with Crippen molar-refractivity contribution in [2.45, 2.75) is 38.5 Å². The van der Waals surface area contributed by atoms with Gasteiger partial charge in [-0.05, 0) is 122 Å². The van der Waals surface area contributed by atoms with Crippen LogP contribution >= 0.6 is 0 Å². The van der Waals surface area contributed by atoms with Gasteiger partial charge in [-0.1, -0.05) is 185 Å². The van der Waals surface area contributed by atoms with Gasteiger partial charge in [0, 0.05) is 10.8 Å². The van der Waals surface area contributed by atoms with E-state index in [9.17, 15) is 0 Å². The second-order valence-electron chi connectivity index (χ2n) is 16.4. The summed E-state index contributed by atoms with van der Waals surface area (Å²) in [6.07, 6.45) is 0. The molecule has 0 saturated heterocycles. The van der Waals surface area contributed by atoms with E-state index in [4.69, 9.17) is 0 Å². The highest BCUT2D eigenvalue weighted by molar-refractivity contribution is 6.23. The molecule has 0 unspecified atom stereocenters. The van der Waals surface area contributed by atoms with Gasteiger partial charge in [-0.15, -0.1) is 0 Å². The average molecular weight is 689 g/mol. The molecule has 0 N–H and O–H groups in total. The van der Waals surface area contributed by atoms with Gasteiger partial charge in [-0.25, -0.2) is 0 Å². The summed E-state index contributed by atoms with van der Waals surface area (Å²) in [4.78, 5) is 0. The molecule has 0 aliphatic heterocycles. The van der Waals surface area contributed by atoms with E-state index in [0.29, 0.717) is 0 Å². The van der Waals surface area contributed by atoms with E-state index in [0.717, 1.165) is 0 Å². The summed E-state index contributed by atoms with van der Waals surface area (Å²) in [5, 5.41) is 7.66. The van der Waals surface area contributed by atoms with E-state index in [1.165, 1.54) is 110 Å². The molecule has 9 aromatic rings. The molecular formula is C54H40. The van der Waals surface area contributed by atoms with Crippen LogP contribution < -0.4 is 0 Å². The van der Waals surface area contributed by atoms with Gasteiger partial charge in [-0.3, -0.25) is 0 Å². The molecule has 54 heavy (non-hydrogen) atoms. The topological polar surface area (TPSA) is 0 Å². The Morgan fingerprint density at radius 3 is 1.44 bits per heavy atom. The third-order valence-corrected chi connectivity index (χ3v) is 12.8. The maximum absolute atomic E-state index is 2.54. The number of hydrogen-bond acceptors (Lipinski definition) is 0. The average Bonchev–Trinajstić information content (AvgIpc) is 3.59. The number of rotatable bonds is 3. The van der Waals surface area contributed by atoms with Gasteiger partial charge in [-0.2, -0.15) is 0 Å². The third-order valence-electron chi connectivity index (χ3n) is 12.8. The van der Waals surface area contributed by atoms with Crippen molar-refractivity contribution < 1.29 is 0 Å². The van der Waals surface area contributed by atoms with Crippen molar-refractivity contribution in [2.75, 3.05) is 0 Å². The van der Waals surface area contributed by atoms with Crippen molar-refractivity contribution in [2.24, 2.45) is 0 Å². The van der Waals surface area contributed by atoms with E-state index in [-0.39, 0.29) is 10.8 Å². The van der Waals surface area contributed by atoms with Gasteiger partial charge in [0.05, 0.1) is 0 Å². The second kappa shape index (κ2) is 11.1. The normalized spacial score (nSPS) is 14.6. The van der Waals surface area contributed by atoms with Crippen LogP contribution in [-0.4, -0.2) is 0 Å². The first kappa shape index (κ1) is 31.3. The molecule has 0 atom stereocenters. The SMILES string of the molecule is CC1(C)c2ccccc2-c2c1c(-c1cccc(-c3c4ccccc4c(-c4cccc5ccccc45)c4ccccc34)c1)cc1c2C(C)(C)c2ccccc2-1. The second-order valence-corrected chi connectivity index (χ2v) is 16.4. The molecule has 11 rings (SSSR count). The minimum Gasteiger partial charge on any atom is -0.0619 e. The fraction of sp³-hybridized carbons (Fsp3) is 0.111. The van der Waals surface area contributed by atoms with E-state index < -0.39 is 0 Å².